The number of piperazine rings is 1. The Bertz CT molecular complexity index is 1300. The van der Waals surface area contributed by atoms with E-state index in [0.29, 0.717) is 28.9 Å². The molecular weight excluding hydrogens is 541 g/mol. The lowest BCUT2D eigenvalue weighted by Gasteiger charge is -2.32. The average Bonchev–Trinajstić information content (AvgIpc) is 3.87. The van der Waals surface area contributed by atoms with Crippen molar-refractivity contribution in [1.29, 1.82) is 0 Å². The molecule has 3 aliphatic carbocycles. The van der Waals surface area contributed by atoms with Gasteiger partial charge in [-0.15, -0.1) is 17.9 Å². The van der Waals surface area contributed by atoms with Gasteiger partial charge in [-0.25, -0.2) is 4.98 Å². The molecule has 212 valence electrons. The largest absolute Gasteiger partial charge is 0.350 e. The molecule has 11 heteroatoms. The zero-order valence-electron chi connectivity index (χ0n) is 23.3. The maximum Gasteiger partial charge on any atom is 0.234 e. The fourth-order valence-electron chi connectivity index (χ4n) is 5.44. The predicted octanol–water partition coefficient (Wildman–Crippen LogP) is 4.97. The van der Waals surface area contributed by atoms with Crippen molar-refractivity contribution in [2.24, 2.45) is 17.8 Å². The first-order valence-corrected chi connectivity index (χ1v) is 16.0. The first-order chi connectivity index (χ1) is 19.5. The standard InChI is InChI=1S/C29H38N8OS2/c1-4-6-18(7-5-2)24-17-30-28(40-24)33-26-32-27(37-12-10-36(3)11-13-37)35-29(34-26)39-23-16-21(14-20-15-22(20)23)31-25(38)19-8-9-19/h4-5,7,16-22H,1,6,8-15H2,2-3H3,(H,31,38)(H,30,32,33,34,35). The summed E-state index contributed by atoms with van der Waals surface area (Å²) in [7, 11) is 2.15. The van der Waals surface area contributed by atoms with Crippen LogP contribution in [-0.4, -0.2) is 70.0 Å². The van der Waals surface area contributed by atoms with Gasteiger partial charge in [-0.3, -0.25) is 10.1 Å². The molecule has 0 bridgehead atoms. The summed E-state index contributed by atoms with van der Waals surface area (Å²) in [5, 5.41) is 8.10. The summed E-state index contributed by atoms with van der Waals surface area (Å²) >= 11 is 3.25. The van der Waals surface area contributed by atoms with Crippen LogP contribution in [0.2, 0.25) is 0 Å². The van der Waals surface area contributed by atoms with Gasteiger partial charge in [0.05, 0.1) is 0 Å². The number of carbonyl (C=O) groups is 1. The number of likely N-dealkylation sites (N-methyl/N-ethyl adjacent to an activating group) is 1. The summed E-state index contributed by atoms with van der Waals surface area (Å²) < 4.78 is 0. The number of aromatic nitrogens is 4. The molecular formula is C29H38N8OS2. The Labute approximate surface area is 244 Å². The molecule has 1 aliphatic heterocycles. The minimum absolute atomic E-state index is 0.102. The number of hydrogen-bond acceptors (Lipinski definition) is 10. The number of rotatable bonds is 11. The van der Waals surface area contributed by atoms with E-state index in [4.69, 9.17) is 15.0 Å². The van der Waals surface area contributed by atoms with Gasteiger partial charge >= 0.3 is 0 Å². The second-order valence-corrected chi connectivity index (χ2v) is 13.4. The second kappa shape index (κ2) is 12.0. The summed E-state index contributed by atoms with van der Waals surface area (Å²) in [6, 6.07) is 0.102. The number of fused-ring (bicyclic) bond motifs is 1. The van der Waals surface area contributed by atoms with E-state index in [1.165, 1.54) is 16.2 Å². The summed E-state index contributed by atoms with van der Waals surface area (Å²) in [6.45, 7) is 9.64. The van der Waals surface area contributed by atoms with Crippen LogP contribution in [0.25, 0.3) is 0 Å². The maximum absolute atomic E-state index is 12.4. The molecule has 0 aromatic carbocycles. The predicted molar refractivity (Wildman–Crippen MR) is 162 cm³/mol. The van der Waals surface area contributed by atoms with E-state index in [2.05, 4.69) is 57.3 Å². The van der Waals surface area contributed by atoms with E-state index in [0.717, 1.165) is 57.0 Å². The van der Waals surface area contributed by atoms with Crippen LogP contribution < -0.4 is 15.5 Å². The van der Waals surface area contributed by atoms with Crippen molar-refractivity contribution in [2.45, 2.75) is 56.1 Å². The summed E-state index contributed by atoms with van der Waals surface area (Å²) in [5.41, 5.74) is 0. The van der Waals surface area contributed by atoms with Crippen LogP contribution in [0, 0.1) is 17.8 Å². The number of anilines is 3. The third-order valence-electron chi connectivity index (χ3n) is 8.04. The fourth-order valence-corrected chi connectivity index (χ4v) is 7.49. The van der Waals surface area contributed by atoms with Crippen LogP contribution in [0.3, 0.4) is 0 Å². The van der Waals surface area contributed by atoms with Gasteiger partial charge in [0.2, 0.25) is 17.8 Å². The second-order valence-electron chi connectivity index (χ2n) is 11.3. The molecule has 1 saturated heterocycles. The van der Waals surface area contributed by atoms with Crippen LogP contribution >= 0.6 is 23.1 Å². The monoisotopic (exact) mass is 578 g/mol. The van der Waals surface area contributed by atoms with Crippen molar-refractivity contribution >= 4 is 46.0 Å². The molecule has 3 heterocycles. The minimum atomic E-state index is 0.102. The SMILES string of the molecule is C=CCC(C=CC)c1cnc(Nc2nc(SC3=CC(NC(=O)C4CC4)CC4CC34)nc(N3CCN(C)CC3)n2)s1. The van der Waals surface area contributed by atoms with Gasteiger partial charge in [-0.05, 0) is 62.8 Å². The number of hydrogen-bond donors (Lipinski definition) is 2. The molecule has 2 aromatic heterocycles. The molecule has 6 rings (SSSR count). The van der Waals surface area contributed by atoms with E-state index >= 15 is 0 Å². The third-order valence-corrected chi connectivity index (χ3v) is 10.1. The van der Waals surface area contributed by atoms with Crippen molar-refractivity contribution in [1.82, 2.24) is 30.2 Å². The summed E-state index contributed by atoms with van der Waals surface area (Å²) in [6.07, 6.45) is 15.5. The number of allylic oxidation sites excluding steroid dienone is 4. The molecule has 2 aromatic rings. The molecule has 2 N–H and O–H groups in total. The van der Waals surface area contributed by atoms with Crippen LogP contribution in [0.4, 0.5) is 17.0 Å². The highest BCUT2D eigenvalue weighted by Crippen LogP contribution is 2.55. The van der Waals surface area contributed by atoms with Crippen LogP contribution in [0.15, 0.2) is 47.1 Å². The molecule has 4 atom stereocenters. The summed E-state index contributed by atoms with van der Waals surface area (Å²) in [4.78, 5) is 38.7. The smallest absolute Gasteiger partial charge is 0.234 e. The van der Waals surface area contributed by atoms with Gasteiger partial charge in [0.15, 0.2) is 10.3 Å². The van der Waals surface area contributed by atoms with Gasteiger partial charge in [0, 0.05) is 55.1 Å². The molecule has 1 amide bonds. The van der Waals surface area contributed by atoms with Crippen molar-refractivity contribution in [3.63, 3.8) is 0 Å². The lowest BCUT2D eigenvalue weighted by Crippen LogP contribution is -2.45. The molecule has 40 heavy (non-hydrogen) atoms. The summed E-state index contributed by atoms with van der Waals surface area (Å²) in [5.74, 6) is 3.10. The Hall–Kier alpha value is -2.76. The molecule has 3 fully saturated rings. The van der Waals surface area contributed by atoms with E-state index < -0.39 is 0 Å². The lowest BCUT2D eigenvalue weighted by molar-refractivity contribution is -0.122. The molecule has 0 spiro atoms. The van der Waals surface area contributed by atoms with E-state index in [1.807, 2.05) is 19.2 Å². The van der Waals surface area contributed by atoms with E-state index in [-0.39, 0.29) is 23.8 Å². The highest BCUT2D eigenvalue weighted by Gasteiger charge is 2.45. The van der Waals surface area contributed by atoms with Crippen LogP contribution in [0.1, 0.15) is 49.8 Å². The van der Waals surface area contributed by atoms with Gasteiger partial charge in [-0.2, -0.15) is 15.0 Å². The number of nitrogens with zero attached hydrogens (tertiary/aromatic N) is 6. The average molecular weight is 579 g/mol. The topological polar surface area (TPSA) is 99.2 Å². The van der Waals surface area contributed by atoms with Crippen LogP contribution in [0.5, 0.6) is 0 Å². The van der Waals surface area contributed by atoms with E-state index in [9.17, 15) is 4.79 Å². The first-order valence-electron chi connectivity index (χ1n) is 14.3. The lowest BCUT2D eigenvalue weighted by atomic mass is 10.0. The van der Waals surface area contributed by atoms with Gasteiger partial charge < -0.3 is 15.1 Å². The Morgan fingerprint density at radius 1 is 1.23 bits per heavy atom. The molecule has 0 radical (unpaired) electrons. The highest BCUT2D eigenvalue weighted by molar-refractivity contribution is 8.03. The van der Waals surface area contributed by atoms with Crippen molar-refractivity contribution in [3.05, 3.63) is 46.9 Å². The van der Waals surface area contributed by atoms with Crippen molar-refractivity contribution < 1.29 is 4.79 Å². The van der Waals surface area contributed by atoms with Crippen LogP contribution in [-0.2, 0) is 4.79 Å². The van der Waals surface area contributed by atoms with Crippen molar-refractivity contribution in [2.75, 3.05) is 43.4 Å². The van der Waals surface area contributed by atoms with Gasteiger partial charge in [-0.1, -0.05) is 36.1 Å². The minimum Gasteiger partial charge on any atom is -0.350 e. The number of amides is 1. The maximum atomic E-state index is 12.4. The zero-order valence-corrected chi connectivity index (χ0v) is 24.9. The Morgan fingerprint density at radius 2 is 2.05 bits per heavy atom. The van der Waals surface area contributed by atoms with Gasteiger partial charge in [0.1, 0.15) is 0 Å². The van der Waals surface area contributed by atoms with E-state index in [1.54, 1.807) is 23.1 Å². The quantitative estimate of drug-likeness (QED) is 0.358. The molecule has 2 saturated carbocycles. The highest BCUT2D eigenvalue weighted by atomic mass is 32.2. The van der Waals surface area contributed by atoms with Gasteiger partial charge in [0.25, 0.3) is 0 Å². The zero-order chi connectivity index (χ0) is 27.6. The number of thiazole rings is 1. The molecule has 4 unspecified atom stereocenters. The first kappa shape index (κ1) is 27.4. The number of carbonyl (C=O) groups excluding carboxylic acids is 1. The van der Waals surface area contributed by atoms with Crippen molar-refractivity contribution in [3.8, 4) is 0 Å². The molecule has 4 aliphatic rings. The number of thioether (sulfide) groups is 1. The fraction of sp³-hybridized carbons (Fsp3) is 0.552. The third kappa shape index (κ3) is 6.58. The number of nitrogens with one attached hydrogen (secondary N) is 2. The normalized spacial score (nSPS) is 25.3. The Morgan fingerprint density at radius 3 is 2.80 bits per heavy atom. The molecule has 9 nitrogen and oxygen atoms in total. The Balaban J connectivity index is 1.23. The Kier molecular flexibility index (Phi) is 8.22.